The van der Waals surface area contributed by atoms with Crippen LogP contribution in [-0.2, 0) is 14.3 Å². The van der Waals surface area contributed by atoms with E-state index in [1.807, 2.05) is 6.08 Å². The minimum Gasteiger partial charge on any atom is -0.394 e. The average molecular weight is 904 g/mol. The van der Waals surface area contributed by atoms with Crippen LogP contribution in [-0.4, -0.2) is 87.5 Å². The van der Waals surface area contributed by atoms with Crippen molar-refractivity contribution >= 4 is 5.91 Å². The summed E-state index contributed by atoms with van der Waals surface area (Å²) in [6.07, 6.45) is 52.0. The SMILES string of the molecule is CCC/C=C/CC/C=C/CC/C=C/C(O)C(COC1OC(CO)C(O)C(O)C1O)NC(=O)CCCCCCCCCCCCCCCC/C=C\CCCCCCCCCCCCCC. The Morgan fingerprint density at radius 1 is 0.516 bits per heavy atom. The maximum absolute atomic E-state index is 13.0. The van der Waals surface area contributed by atoms with E-state index in [0.29, 0.717) is 6.42 Å². The first-order chi connectivity index (χ1) is 31.3. The Balaban J connectivity index is 2.14. The van der Waals surface area contributed by atoms with Crippen LogP contribution in [0.15, 0.2) is 48.6 Å². The third-order valence-corrected chi connectivity index (χ3v) is 12.6. The first-order valence-corrected chi connectivity index (χ1v) is 26.9. The Morgan fingerprint density at radius 3 is 1.38 bits per heavy atom. The highest BCUT2D eigenvalue weighted by molar-refractivity contribution is 5.76. The van der Waals surface area contributed by atoms with Crippen LogP contribution >= 0.6 is 0 Å². The van der Waals surface area contributed by atoms with Gasteiger partial charge in [-0.2, -0.15) is 0 Å². The van der Waals surface area contributed by atoms with E-state index in [0.717, 1.165) is 57.8 Å². The minimum absolute atomic E-state index is 0.192. The van der Waals surface area contributed by atoms with Crippen molar-refractivity contribution in [2.24, 2.45) is 0 Å². The number of carbonyl (C=O) groups is 1. The highest BCUT2D eigenvalue weighted by Crippen LogP contribution is 2.23. The molecular formula is C55H101NO8. The van der Waals surface area contributed by atoms with Gasteiger partial charge in [-0.3, -0.25) is 4.79 Å². The molecule has 1 saturated heterocycles. The number of amides is 1. The van der Waals surface area contributed by atoms with Gasteiger partial charge in [0.25, 0.3) is 0 Å². The summed E-state index contributed by atoms with van der Waals surface area (Å²) in [5.74, 6) is -0.192. The van der Waals surface area contributed by atoms with Crippen molar-refractivity contribution in [2.45, 2.75) is 281 Å². The molecule has 1 aliphatic rings. The van der Waals surface area contributed by atoms with Gasteiger partial charge in [-0.15, -0.1) is 0 Å². The van der Waals surface area contributed by atoms with Crippen molar-refractivity contribution in [1.82, 2.24) is 5.32 Å². The highest BCUT2D eigenvalue weighted by Gasteiger charge is 2.44. The number of aliphatic hydroxyl groups is 5. The van der Waals surface area contributed by atoms with Gasteiger partial charge in [0.2, 0.25) is 5.91 Å². The third kappa shape index (κ3) is 34.5. The standard InChI is InChI=1S/C55H101NO8/c1-3-5-7-9-11-13-15-16-17-18-19-20-21-22-23-24-25-26-27-28-29-30-31-32-33-35-37-39-41-43-45-51(59)56-48(47-63-55-54(62)53(61)52(60)50(46-57)64-55)49(58)44-42-40-38-36-34-14-12-10-8-6-4-2/h8,10,22-23,34,36,42,44,48-50,52-55,57-58,60-62H,3-7,9,11-21,24-33,35,37-41,43,45-47H2,1-2H3,(H,56,59)/b10-8+,23-22-,36-34+,44-42+. The first-order valence-electron chi connectivity index (χ1n) is 26.9. The van der Waals surface area contributed by atoms with Gasteiger partial charge in [-0.1, -0.05) is 217 Å². The summed E-state index contributed by atoms with van der Waals surface area (Å²) < 4.78 is 11.2. The van der Waals surface area contributed by atoms with Crippen LogP contribution < -0.4 is 5.32 Å². The number of hydrogen-bond acceptors (Lipinski definition) is 8. The topological polar surface area (TPSA) is 149 Å². The van der Waals surface area contributed by atoms with Crippen molar-refractivity contribution in [2.75, 3.05) is 13.2 Å². The van der Waals surface area contributed by atoms with Crippen molar-refractivity contribution < 1.29 is 39.8 Å². The van der Waals surface area contributed by atoms with Gasteiger partial charge in [0.1, 0.15) is 24.4 Å². The zero-order chi connectivity index (χ0) is 46.6. The fourth-order valence-corrected chi connectivity index (χ4v) is 8.31. The largest absolute Gasteiger partial charge is 0.394 e. The second kappa shape index (κ2) is 45.0. The second-order valence-electron chi connectivity index (χ2n) is 18.6. The average Bonchev–Trinajstić information content (AvgIpc) is 3.29. The molecule has 0 aliphatic carbocycles. The van der Waals surface area contributed by atoms with Crippen molar-refractivity contribution in [3.63, 3.8) is 0 Å². The molecule has 0 spiro atoms. The van der Waals surface area contributed by atoms with Crippen molar-refractivity contribution in [1.29, 1.82) is 0 Å². The maximum atomic E-state index is 13.0. The molecule has 0 aromatic carbocycles. The number of allylic oxidation sites excluding steroid dienone is 7. The molecule has 64 heavy (non-hydrogen) atoms. The van der Waals surface area contributed by atoms with Crippen LogP contribution in [0.5, 0.6) is 0 Å². The Kier molecular flexibility index (Phi) is 42.3. The van der Waals surface area contributed by atoms with E-state index in [4.69, 9.17) is 9.47 Å². The molecular weight excluding hydrogens is 803 g/mol. The predicted molar refractivity (Wildman–Crippen MR) is 267 cm³/mol. The van der Waals surface area contributed by atoms with E-state index in [-0.39, 0.29) is 12.5 Å². The molecule has 9 nitrogen and oxygen atoms in total. The number of hydrogen-bond donors (Lipinski definition) is 6. The maximum Gasteiger partial charge on any atom is 0.220 e. The Morgan fingerprint density at radius 2 is 0.922 bits per heavy atom. The van der Waals surface area contributed by atoms with Crippen LogP contribution in [0.25, 0.3) is 0 Å². The van der Waals surface area contributed by atoms with Gasteiger partial charge in [-0.25, -0.2) is 0 Å². The van der Waals surface area contributed by atoms with Crippen LogP contribution in [0.3, 0.4) is 0 Å². The number of rotatable bonds is 45. The molecule has 0 bridgehead atoms. The number of ether oxygens (including phenoxy) is 2. The van der Waals surface area contributed by atoms with E-state index in [1.165, 1.54) is 161 Å². The first kappa shape index (κ1) is 60.2. The van der Waals surface area contributed by atoms with Crippen LogP contribution in [0.2, 0.25) is 0 Å². The van der Waals surface area contributed by atoms with E-state index in [1.54, 1.807) is 6.08 Å². The Hall–Kier alpha value is -1.85. The summed E-state index contributed by atoms with van der Waals surface area (Å²) in [5, 5.41) is 54.2. The molecule has 374 valence electrons. The zero-order valence-corrected chi connectivity index (χ0v) is 41.3. The normalized spacial score (nSPS) is 20.4. The number of carbonyl (C=O) groups excluding carboxylic acids is 1. The van der Waals surface area contributed by atoms with Gasteiger partial charge in [0.05, 0.1) is 25.4 Å². The van der Waals surface area contributed by atoms with Crippen LogP contribution in [0.1, 0.15) is 239 Å². The molecule has 1 fully saturated rings. The van der Waals surface area contributed by atoms with Gasteiger partial charge in [-0.05, 0) is 64.2 Å². The molecule has 1 rings (SSSR count). The van der Waals surface area contributed by atoms with Crippen LogP contribution in [0.4, 0.5) is 0 Å². The van der Waals surface area contributed by atoms with Crippen molar-refractivity contribution in [3.05, 3.63) is 48.6 Å². The van der Waals surface area contributed by atoms with Crippen LogP contribution in [0, 0.1) is 0 Å². The molecule has 1 aliphatic heterocycles. The lowest BCUT2D eigenvalue weighted by molar-refractivity contribution is -0.302. The smallest absolute Gasteiger partial charge is 0.220 e. The van der Waals surface area contributed by atoms with Gasteiger partial charge in [0.15, 0.2) is 6.29 Å². The molecule has 0 aromatic rings. The quantitative estimate of drug-likeness (QED) is 0.0261. The molecule has 1 heterocycles. The molecule has 6 N–H and O–H groups in total. The third-order valence-electron chi connectivity index (χ3n) is 12.6. The Labute approximate surface area is 393 Å². The summed E-state index contributed by atoms with van der Waals surface area (Å²) in [5.41, 5.74) is 0. The lowest BCUT2D eigenvalue weighted by Crippen LogP contribution is -2.60. The van der Waals surface area contributed by atoms with Gasteiger partial charge >= 0.3 is 0 Å². The van der Waals surface area contributed by atoms with E-state index in [2.05, 4.69) is 55.6 Å². The summed E-state index contributed by atoms with van der Waals surface area (Å²) in [6.45, 7) is 3.68. The molecule has 9 heteroatoms. The molecule has 0 aromatic heterocycles. The lowest BCUT2D eigenvalue weighted by atomic mass is 9.99. The summed E-state index contributed by atoms with van der Waals surface area (Å²) >= 11 is 0. The monoisotopic (exact) mass is 904 g/mol. The Bertz CT molecular complexity index is 1140. The fourth-order valence-electron chi connectivity index (χ4n) is 8.31. The van der Waals surface area contributed by atoms with Crippen molar-refractivity contribution in [3.8, 4) is 0 Å². The minimum atomic E-state index is -1.57. The number of unbranched alkanes of at least 4 members (excludes halogenated alkanes) is 29. The zero-order valence-electron chi connectivity index (χ0n) is 41.3. The summed E-state index contributed by atoms with van der Waals surface area (Å²) in [4.78, 5) is 13.0. The molecule has 1 amide bonds. The molecule has 0 saturated carbocycles. The number of aliphatic hydroxyl groups excluding tert-OH is 5. The fraction of sp³-hybridized carbons (Fsp3) is 0.836. The molecule has 7 unspecified atom stereocenters. The predicted octanol–water partition coefficient (Wildman–Crippen LogP) is 12.6. The summed E-state index contributed by atoms with van der Waals surface area (Å²) in [6, 6.07) is -0.826. The molecule has 0 radical (unpaired) electrons. The highest BCUT2D eigenvalue weighted by atomic mass is 16.7. The van der Waals surface area contributed by atoms with Gasteiger partial charge < -0.3 is 40.3 Å². The van der Waals surface area contributed by atoms with E-state index in [9.17, 15) is 30.3 Å². The second-order valence-corrected chi connectivity index (χ2v) is 18.6. The van der Waals surface area contributed by atoms with E-state index < -0.39 is 49.5 Å². The number of nitrogens with one attached hydrogen (secondary N) is 1. The molecule has 7 atom stereocenters. The summed E-state index contributed by atoms with van der Waals surface area (Å²) in [7, 11) is 0. The van der Waals surface area contributed by atoms with Gasteiger partial charge in [0, 0.05) is 6.42 Å². The lowest BCUT2D eigenvalue weighted by Gasteiger charge is -2.40. The van der Waals surface area contributed by atoms with E-state index >= 15 is 0 Å².